The summed E-state index contributed by atoms with van der Waals surface area (Å²) in [6, 6.07) is 17.0. The van der Waals surface area contributed by atoms with Crippen LogP contribution >= 0.6 is 11.6 Å². The van der Waals surface area contributed by atoms with E-state index in [-0.39, 0.29) is 5.56 Å². The second-order valence-electron chi connectivity index (χ2n) is 6.50. The van der Waals surface area contributed by atoms with E-state index in [0.717, 1.165) is 11.3 Å². The molecule has 0 unspecified atom stereocenters. The standard InChI is InChI=1S/C21H15ClN6O/c22-17-9-5-4-6-13(17)10-23-21-24-11-15-18-16(12-25-27-18)20(29)28(19(15)26-21)14-7-2-1-3-8-14/h1-9,11-12H,10H2,(H,25,27)(H,23,24,26). The minimum absolute atomic E-state index is 0.191. The number of anilines is 1. The molecule has 7 nitrogen and oxygen atoms in total. The maximum Gasteiger partial charge on any atom is 0.267 e. The van der Waals surface area contributed by atoms with E-state index in [0.29, 0.717) is 39.5 Å². The van der Waals surface area contributed by atoms with Crippen LogP contribution in [-0.2, 0) is 6.54 Å². The highest BCUT2D eigenvalue weighted by Crippen LogP contribution is 2.23. The molecule has 0 atom stereocenters. The van der Waals surface area contributed by atoms with Crippen molar-refractivity contribution in [2.75, 3.05) is 5.32 Å². The predicted octanol–water partition coefficient (Wildman–Crippen LogP) is 3.92. The summed E-state index contributed by atoms with van der Waals surface area (Å²) in [5, 5.41) is 12.0. The highest BCUT2D eigenvalue weighted by molar-refractivity contribution is 6.31. The zero-order valence-electron chi connectivity index (χ0n) is 15.1. The first-order valence-electron chi connectivity index (χ1n) is 9.00. The third-order valence-corrected chi connectivity index (χ3v) is 5.09. The maximum absolute atomic E-state index is 13.1. The van der Waals surface area contributed by atoms with Crippen LogP contribution in [-0.4, -0.2) is 24.7 Å². The van der Waals surface area contributed by atoms with E-state index in [4.69, 9.17) is 11.6 Å². The summed E-state index contributed by atoms with van der Waals surface area (Å²) in [6.07, 6.45) is 3.28. The van der Waals surface area contributed by atoms with Crippen LogP contribution in [0.4, 0.5) is 5.95 Å². The van der Waals surface area contributed by atoms with Gasteiger partial charge in [0.2, 0.25) is 5.95 Å². The number of nitrogens with zero attached hydrogens (tertiary/aromatic N) is 4. The Kier molecular flexibility index (Phi) is 4.22. The molecule has 0 aliphatic heterocycles. The number of para-hydroxylation sites is 1. The van der Waals surface area contributed by atoms with Crippen LogP contribution in [0.2, 0.25) is 5.02 Å². The molecule has 0 saturated heterocycles. The van der Waals surface area contributed by atoms with Crippen LogP contribution in [0, 0.1) is 0 Å². The van der Waals surface area contributed by atoms with E-state index < -0.39 is 0 Å². The fraction of sp³-hybridized carbons (Fsp3) is 0.0476. The second kappa shape index (κ2) is 7.03. The molecule has 5 rings (SSSR count). The molecule has 3 heterocycles. The molecule has 2 N–H and O–H groups in total. The lowest BCUT2D eigenvalue weighted by Gasteiger charge is -2.12. The van der Waals surface area contributed by atoms with Gasteiger partial charge in [0.15, 0.2) is 5.65 Å². The molecule has 0 aliphatic carbocycles. The van der Waals surface area contributed by atoms with E-state index in [1.807, 2.05) is 54.6 Å². The van der Waals surface area contributed by atoms with Crippen molar-refractivity contribution >= 4 is 39.5 Å². The molecule has 0 fully saturated rings. The SMILES string of the molecule is O=c1c2c[nH]nc2c2cnc(NCc3ccccc3Cl)nc2n1-c1ccccc1. The van der Waals surface area contributed by atoms with Crippen molar-refractivity contribution in [3.63, 3.8) is 0 Å². The van der Waals surface area contributed by atoms with Crippen LogP contribution in [0.5, 0.6) is 0 Å². The van der Waals surface area contributed by atoms with Crippen molar-refractivity contribution < 1.29 is 0 Å². The summed E-state index contributed by atoms with van der Waals surface area (Å²) >= 11 is 6.23. The Morgan fingerprint density at radius 2 is 1.83 bits per heavy atom. The third kappa shape index (κ3) is 3.01. The van der Waals surface area contributed by atoms with Gasteiger partial charge >= 0.3 is 0 Å². The Labute approximate surface area is 170 Å². The Morgan fingerprint density at radius 3 is 2.66 bits per heavy atom. The maximum atomic E-state index is 13.1. The second-order valence-corrected chi connectivity index (χ2v) is 6.91. The van der Waals surface area contributed by atoms with Gasteiger partial charge in [-0.05, 0) is 23.8 Å². The number of fused-ring (bicyclic) bond motifs is 3. The molecule has 0 bridgehead atoms. The van der Waals surface area contributed by atoms with Gasteiger partial charge in [-0.3, -0.25) is 14.5 Å². The first-order valence-corrected chi connectivity index (χ1v) is 9.38. The van der Waals surface area contributed by atoms with Crippen molar-refractivity contribution in [3.05, 3.63) is 87.9 Å². The smallest absolute Gasteiger partial charge is 0.267 e. The van der Waals surface area contributed by atoms with Crippen molar-refractivity contribution in [2.24, 2.45) is 0 Å². The van der Waals surface area contributed by atoms with E-state index in [9.17, 15) is 4.79 Å². The lowest BCUT2D eigenvalue weighted by molar-refractivity contribution is 1.00. The van der Waals surface area contributed by atoms with Gasteiger partial charge in [-0.2, -0.15) is 10.1 Å². The van der Waals surface area contributed by atoms with Crippen molar-refractivity contribution in [1.82, 2.24) is 24.7 Å². The van der Waals surface area contributed by atoms with E-state index in [1.54, 1.807) is 17.0 Å². The predicted molar refractivity (Wildman–Crippen MR) is 114 cm³/mol. The molecule has 5 aromatic rings. The van der Waals surface area contributed by atoms with E-state index in [2.05, 4.69) is 25.5 Å². The summed E-state index contributed by atoms with van der Waals surface area (Å²) in [6.45, 7) is 0.464. The number of hydrogen-bond donors (Lipinski definition) is 2. The topological polar surface area (TPSA) is 88.5 Å². The molecular formula is C21H15ClN6O. The number of aromatic nitrogens is 5. The van der Waals surface area contributed by atoms with E-state index in [1.165, 1.54) is 0 Å². The normalized spacial score (nSPS) is 11.2. The van der Waals surface area contributed by atoms with Gasteiger partial charge < -0.3 is 5.32 Å². The lowest BCUT2D eigenvalue weighted by atomic mass is 10.2. The number of H-pyrrole nitrogens is 1. The molecule has 0 radical (unpaired) electrons. The third-order valence-electron chi connectivity index (χ3n) is 4.72. The molecule has 3 aromatic heterocycles. The monoisotopic (exact) mass is 402 g/mol. The Bertz CT molecular complexity index is 1390. The number of aromatic amines is 1. The van der Waals surface area contributed by atoms with Crippen LogP contribution in [0.15, 0.2) is 71.8 Å². The quantitative estimate of drug-likeness (QED) is 0.475. The van der Waals surface area contributed by atoms with Gasteiger partial charge in [0.05, 0.1) is 16.5 Å². The summed E-state index contributed by atoms with van der Waals surface area (Å²) < 4.78 is 1.58. The molecule has 0 amide bonds. The summed E-state index contributed by atoms with van der Waals surface area (Å²) in [5.74, 6) is 0.399. The van der Waals surface area contributed by atoms with Crippen LogP contribution in [0.25, 0.3) is 27.6 Å². The summed E-state index contributed by atoms with van der Waals surface area (Å²) in [7, 11) is 0. The molecule has 8 heteroatoms. The first-order chi connectivity index (χ1) is 14.2. The molecule has 29 heavy (non-hydrogen) atoms. The van der Waals surface area contributed by atoms with E-state index >= 15 is 0 Å². The van der Waals surface area contributed by atoms with Gasteiger partial charge in [0.25, 0.3) is 5.56 Å². The number of halogens is 1. The zero-order chi connectivity index (χ0) is 19.8. The van der Waals surface area contributed by atoms with Gasteiger partial charge in [-0.15, -0.1) is 0 Å². The van der Waals surface area contributed by atoms with Crippen LogP contribution in [0.3, 0.4) is 0 Å². The van der Waals surface area contributed by atoms with Crippen molar-refractivity contribution in [1.29, 1.82) is 0 Å². The van der Waals surface area contributed by atoms with Gasteiger partial charge in [0.1, 0.15) is 5.52 Å². The number of benzene rings is 2. The molecule has 0 aliphatic rings. The van der Waals surface area contributed by atoms with Crippen LogP contribution in [0.1, 0.15) is 5.56 Å². The Hall–Kier alpha value is -3.71. The first kappa shape index (κ1) is 17.4. The van der Waals surface area contributed by atoms with Crippen molar-refractivity contribution in [3.8, 4) is 5.69 Å². The Morgan fingerprint density at radius 1 is 1.03 bits per heavy atom. The molecule has 0 saturated carbocycles. The highest BCUT2D eigenvalue weighted by atomic mass is 35.5. The Balaban J connectivity index is 1.67. The minimum Gasteiger partial charge on any atom is -0.350 e. The minimum atomic E-state index is -0.191. The molecule has 0 spiro atoms. The van der Waals surface area contributed by atoms with Crippen LogP contribution < -0.4 is 10.9 Å². The zero-order valence-corrected chi connectivity index (χ0v) is 15.9. The van der Waals surface area contributed by atoms with Gasteiger partial charge in [-0.25, -0.2) is 4.98 Å². The fourth-order valence-corrected chi connectivity index (χ4v) is 3.51. The molecular weight excluding hydrogens is 388 g/mol. The average Bonchev–Trinajstić information content (AvgIpc) is 3.24. The van der Waals surface area contributed by atoms with Gasteiger partial charge in [0, 0.05) is 24.0 Å². The highest BCUT2D eigenvalue weighted by Gasteiger charge is 2.16. The summed E-state index contributed by atoms with van der Waals surface area (Å²) in [5.41, 5.74) is 2.50. The van der Waals surface area contributed by atoms with Gasteiger partial charge in [-0.1, -0.05) is 48.0 Å². The number of pyridine rings is 1. The number of rotatable bonds is 4. The molecule has 2 aromatic carbocycles. The summed E-state index contributed by atoms with van der Waals surface area (Å²) in [4.78, 5) is 22.2. The average molecular weight is 403 g/mol. The number of hydrogen-bond acceptors (Lipinski definition) is 5. The fourth-order valence-electron chi connectivity index (χ4n) is 3.30. The molecule has 142 valence electrons. The number of nitrogens with one attached hydrogen (secondary N) is 2. The largest absolute Gasteiger partial charge is 0.350 e. The van der Waals surface area contributed by atoms with Crippen molar-refractivity contribution in [2.45, 2.75) is 6.54 Å². The lowest BCUT2D eigenvalue weighted by Crippen LogP contribution is -2.20.